The number of guanidine groups is 1. The van der Waals surface area contributed by atoms with Crippen molar-refractivity contribution in [1.82, 2.24) is 30.1 Å². The fraction of sp³-hybridized carbons (Fsp3) is 0.632. The number of hydrogen-bond acceptors (Lipinski definition) is 6. The summed E-state index contributed by atoms with van der Waals surface area (Å²) in [5, 5.41) is 6.29. The standard InChI is InChI=1S/C19H31N7O3S/c1-2-21-19(22-8-9-23-30(28,29)17-4-3-7-20-14-17)26-12-10-25(11-13-26)15-18(27)24-16-5-6-16/h3-4,7,14,16,23H,2,5-6,8-13,15H2,1H3,(H,21,22)(H,24,27). The number of hydrogen-bond donors (Lipinski definition) is 3. The Labute approximate surface area is 178 Å². The second-order valence-electron chi connectivity index (χ2n) is 7.43. The topological polar surface area (TPSA) is 119 Å². The van der Waals surface area contributed by atoms with Crippen molar-refractivity contribution < 1.29 is 13.2 Å². The smallest absolute Gasteiger partial charge is 0.242 e. The average Bonchev–Trinajstić information content (AvgIpc) is 3.55. The largest absolute Gasteiger partial charge is 0.357 e. The third kappa shape index (κ3) is 6.92. The van der Waals surface area contributed by atoms with E-state index < -0.39 is 10.0 Å². The molecule has 0 unspecified atom stereocenters. The molecule has 1 saturated heterocycles. The van der Waals surface area contributed by atoms with Crippen LogP contribution in [0.25, 0.3) is 0 Å². The lowest BCUT2D eigenvalue weighted by molar-refractivity contribution is -0.122. The molecule has 0 radical (unpaired) electrons. The molecule has 30 heavy (non-hydrogen) atoms. The van der Waals surface area contributed by atoms with Gasteiger partial charge in [0.25, 0.3) is 0 Å². The van der Waals surface area contributed by atoms with Crippen molar-refractivity contribution in [2.75, 3.05) is 52.4 Å². The molecular weight excluding hydrogens is 406 g/mol. The van der Waals surface area contributed by atoms with Crippen LogP contribution >= 0.6 is 0 Å². The summed E-state index contributed by atoms with van der Waals surface area (Å²) in [6.45, 7) is 6.80. The Morgan fingerprint density at radius 3 is 2.67 bits per heavy atom. The minimum Gasteiger partial charge on any atom is -0.357 e. The molecule has 3 rings (SSSR count). The van der Waals surface area contributed by atoms with Crippen molar-refractivity contribution in [3.8, 4) is 0 Å². The van der Waals surface area contributed by atoms with E-state index in [0.29, 0.717) is 19.1 Å². The van der Waals surface area contributed by atoms with Gasteiger partial charge in [-0.2, -0.15) is 0 Å². The first-order valence-electron chi connectivity index (χ1n) is 10.4. The number of nitrogens with one attached hydrogen (secondary N) is 3. The average molecular weight is 438 g/mol. The molecule has 1 aromatic heterocycles. The summed E-state index contributed by atoms with van der Waals surface area (Å²) in [4.78, 5) is 24.8. The Kier molecular flexibility index (Phi) is 8.00. The predicted octanol–water partition coefficient (Wildman–Crippen LogP) is -0.778. The first-order valence-corrected chi connectivity index (χ1v) is 11.9. The van der Waals surface area contributed by atoms with Crippen LogP contribution < -0.4 is 15.4 Å². The fourth-order valence-corrected chi connectivity index (χ4v) is 4.16. The highest BCUT2D eigenvalue weighted by molar-refractivity contribution is 7.89. The maximum atomic E-state index is 12.2. The minimum atomic E-state index is -3.58. The number of amides is 1. The van der Waals surface area contributed by atoms with Gasteiger partial charge in [-0.1, -0.05) is 0 Å². The number of rotatable bonds is 9. The SMILES string of the molecule is CCNC(=NCCNS(=O)(=O)c1cccnc1)N1CCN(CC(=O)NC2CC2)CC1. The molecule has 1 aliphatic heterocycles. The van der Waals surface area contributed by atoms with Gasteiger partial charge in [0.15, 0.2) is 5.96 Å². The number of aliphatic imine (C=N–C) groups is 1. The number of piperazine rings is 1. The van der Waals surface area contributed by atoms with E-state index in [1.807, 2.05) is 6.92 Å². The van der Waals surface area contributed by atoms with E-state index in [0.717, 1.165) is 51.5 Å². The van der Waals surface area contributed by atoms with Gasteiger partial charge in [-0.25, -0.2) is 13.1 Å². The Hall–Kier alpha value is -2.24. The predicted molar refractivity (Wildman–Crippen MR) is 115 cm³/mol. The van der Waals surface area contributed by atoms with Crippen molar-refractivity contribution in [2.24, 2.45) is 4.99 Å². The zero-order valence-electron chi connectivity index (χ0n) is 17.4. The third-order valence-electron chi connectivity index (χ3n) is 4.93. The Morgan fingerprint density at radius 2 is 2.03 bits per heavy atom. The zero-order valence-corrected chi connectivity index (χ0v) is 18.2. The quantitative estimate of drug-likeness (QED) is 0.263. The van der Waals surface area contributed by atoms with Crippen LogP contribution in [0.3, 0.4) is 0 Å². The van der Waals surface area contributed by atoms with E-state index in [2.05, 4.69) is 35.1 Å². The van der Waals surface area contributed by atoms with Gasteiger partial charge in [0, 0.05) is 57.7 Å². The van der Waals surface area contributed by atoms with E-state index in [1.165, 1.54) is 18.5 Å². The summed E-state index contributed by atoms with van der Waals surface area (Å²) in [5.41, 5.74) is 0. The summed E-state index contributed by atoms with van der Waals surface area (Å²) in [6, 6.07) is 3.49. The monoisotopic (exact) mass is 437 g/mol. The van der Waals surface area contributed by atoms with Crippen LogP contribution in [0.4, 0.5) is 0 Å². The maximum absolute atomic E-state index is 12.2. The van der Waals surface area contributed by atoms with Gasteiger partial charge in [0.1, 0.15) is 4.90 Å². The van der Waals surface area contributed by atoms with Crippen molar-refractivity contribution in [3.63, 3.8) is 0 Å². The minimum absolute atomic E-state index is 0.104. The molecule has 0 aromatic carbocycles. The molecule has 0 atom stereocenters. The second kappa shape index (κ2) is 10.7. The molecular formula is C19H31N7O3S. The Bertz CT molecular complexity index is 820. The second-order valence-corrected chi connectivity index (χ2v) is 9.19. The molecule has 1 amide bonds. The van der Waals surface area contributed by atoms with Crippen LogP contribution in [-0.2, 0) is 14.8 Å². The number of nitrogens with zero attached hydrogens (tertiary/aromatic N) is 4. The molecule has 2 heterocycles. The van der Waals surface area contributed by atoms with E-state index >= 15 is 0 Å². The molecule has 1 saturated carbocycles. The van der Waals surface area contributed by atoms with Crippen LogP contribution in [0.5, 0.6) is 0 Å². The first kappa shape index (κ1) is 22.4. The van der Waals surface area contributed by atoms with Crippen LogP contribution in [0.1, 0.15) is 19.8 Å². The number of carbonyl (C=O) groups excluding carboxylic acids is 1. The zero-order chi connectivity index (χ0) is 21.4. The number of pyridine rings is 1. The molecule has 2 fully saturated rings. The number of carbonyl (C=O) groups is 1. The fourth-order valence-electron chi connectivity index (χ4n) is 3.18. The normalized spacial score (nSPS) is 18.3. The van der Waals surface area contributed by atoms with Crippen molar-refractivity contribution >= 4 is 21.9 Å². The highest BCUT2D eigenvalue weighted by Gasteiger charge is 2.26. The van der Waals surface area contributed by atoms with Crippen molar-refractivity contribution in [1.29, 1.82) is 0 Å². The summed E-state index contributed by atoms with van der Waals surface area (Å²) in [7, 11) is -3.58. The van der Waals surface area contributed by atoms with Crippen molar-refractivity contribution in [2.45, 2.75) is 30.7 Å². The lowest BCUT2D eigenvalue weighted by atomic mass is 10.3. The Morgan fingerprint density at radius 1 is 1.27 bits per heavy atom. The molecule has 166 valence electrons. The molecule has 11 heteroatoms. The molecule has 10 nitrogen and oxygen atoms in total. The summed E-state index contributed by atoms with van der Waals surface area (Å²) in [5.74, 6) is 0.868. The third-order valence-corrected chi connectivity index (χ3v) is 6.37. The van der Waals surface area contributed by atoms with Crippen LogP contribution in [-0.4, -0.2) is 93.5 Å². The molecule has 2 aliphatic rings. The lowest BCUT2D eigenvalue weighted by Crippen LogP contribution is -2.54. The lowest BCUT2D eigenvalue weighted by Gasteiger charge is -2.36. The van der Waals surface area contributed by atoms with Gasteiger partial charge in [0.05, 0.1) is 13.1 Å². The van der Waals surface area contributed by atoms with Gasteiger partial charge in [-0.15, -0.1) is 0 Å². The molecule has 1 aliphatic carbocycles. The number of sulfonamides is 1. The van der Waals surface area contributed by atoms with Gasteiger partial charge in [0.2, 0.25) is 15.9 Å². The molecule has 1 aromatic rings. The summed E-state index contributed by atoms with van der Waals surface area (Å²) >= 11 is 0. The molecule has 0 bridgehead atoms. The molecule has 0 spiro atoms. The van der Waals surface area contributed by atoms with Gasteiger partial charge in [-0.05, 0) is 31.9 Å². The van der Waals surface area contributed by atoms with Crippen LogP contribution in [0.15, 0.2) is 34.4 Å². The first-order chi connectivity index (χ1) is 14.5. The van der Waals surface area contributed by atoms with E-state index in [4.69, 9.17) is 0 Å². The highest BCUT2D eigenvalue weighted by atomic mass is 32.2. The highest BCUT2D eigenvalue weighted by Crippen LogP contribution is 2.18. The molecule has 3 N–H and O–H groups in total. The van der Waals surface area contributed by atoms with E-state index in [1.54, 1.807) is 6.07 Å². The van der Waals surface area contributed by atoms with Gasteiger partial charge < -0.3 is 15.5 Å². The maximum Gasteiger partial charge on any atom is 0.242 e. The van der Waals surface area contributed by atoms with Crippen LogP contribution in [0, 0.1) is 0 Å². The van der Waals surface area contributed by atoms with E-state index in [-0.39, 0.29) is 17.3 Å². The van der Waals surface area contributed by atoms with Crippen molar-refractivity contribution in [3.05, 3.63) is 24.5 Å². The van der Waals surface area contributed by atoms with E-state index in [9.17, 15) is 13.2 Å². The van der Waals surface area contributed by atoms with Crippen LogP contribution in [0.2, 0.25) is 0 Å². The number of aromatic nitrogens is 1. The Balaban J connectivity index is 1.44. The summed E-state index contributed by atoms with van der Waals surface area (Å²) < 4.78 is 27.0. The van der Waals surface area contributed by atoms with Gasteiger partial charge >= 0.3 is 0 Å². The van der Waals surface area contributed by atoms with Gasteiger partial charge in [-0.3, -0.25) is 19.7 Å². The summed E-state index contributed by atoms with van der Waals surface area (Å²) in [6.07, 6.45) is 5.05.